The molecule has 4 rings (SSSR count). The maximum Gasteiger partial charge on any atom is 0.492 e. The molecule has 12 heteroatoms. The van der Waals surface area contributed by atoms with Gasteiger partial charge in [0.05, 0.1) is 12.2 Å². The Balaban J connectivity index is 0.000000211. The number of fused-ring (bicyclic) bond motifs is 2. The monoisotopic (exact) mass is 526 g/mol. The molecule has 204 valence electrons. The Hall–Kier alpha value is -3.05. The number of rotatable bonds is 4. The molecule has 2 atom stereocenters. The number of hydrogen-bond acceptors (Lipinski definition) is 8. The molecule has 0 aromatic heterocycles. The van der Waals surface area contributed by atoms with Crippen molar-refractivity contribution >= 4 is 37.3 Å². The van der Waals surface area contributed by atoms with Gasteiger partial charge < -0.3 is 39.5 Å². The van der Waals surface area contributed by atoms with E-state index in [9.17, 15) is 19.6 Å². The van der Waals surface area contributed by atoms with Crippen LogP contribution in [0.15, 0.2) is 48.5 Å². The average molecular weight is 526 g/mol. The van der Waals surface area contributed by atoms with Gasteiger partial charge in [0.2, 0.25) is 0 Å². The highest BCUT2D eigenvalue weighted by Crippen LogP contribution is 2.23. The van der Waals surface area contributed by atoms with Crippen LogP contribution in [0.2, 0.25) is 0 Å². The number of alkyl carbamates (subject to hydrolysis) is 2. The predicted molar refractivity (Wildman–Crippen MR) is 144 cm³/mol. The summed E-state index contributed by atoms with van der Waals surface area (Å²) >= 11 is 0. The minimum atomic E-state index is -0.929. The van der Waals surface area contributed by atoms with Gasteiger partial charge in [-0.25, -0.2) is 9.59 Å². The van der Waals surface area contributed by atoms with E-state index in [2.05, 4.69) is 10.6 Å². The fourth-order valence-electron chi connectivity index (χ4n) is 3.96. The van der Waals surface area contributed by atoms with Crippen molar-refractivity contribution in [1.82, 2.24) is 10.6 Å². The van der Waals surface area contributed by atoms with Crippen molar-refractivity contribution in [2.75, 3.05) is 13.1 Å². The van der Waals surface area contributed by atoms with Crippen LogP contribution in [0.3, 0.4) is 0 Å². The van der Waals surface area contributed by atoms with E-state index < -0.39 is 37.6 Å². The van der Waals surface area contributed by atoms with Crippen molar-refractivity contribution in [3.05, 3.63) is 59.7 Å². The molecule has 2 aromatic carbocycles. The first kappa shape index (κ1) is 29.5. The van der Waals surface area contributed by atoms with E-state index in [1.807, 2.05) is 48.5 Å². The van der Waals surface area contributed by atoms with Crippen molar-refractivity contribution in [2.45, 2.75) is 65.0 Å². The van der Waals surface area contributed by atoms with Crippen LogP contribution in [0.5, 0.6) is 0 Å². The van der Waals surface area contributed by atoms with Crippen LogP contribution < -0.4 is 21.6 Å². The third-order valence-electron chi connectivity index (χ3n) is 5.47. The minimum Gasteiger partial charge on any atom is -0.444 e. The smallest absolute Gasteiger partial charge is 0.444 e. The standard InChI is InChI=1S/2C13H18BNO4/c2*1-13(2,3)18-12(16)15-8-11-9-6-4-5-7-10(9)14(17)19-11/h2*4-7,11,17H,8H2,1-3H3,(H,15,16)/t11-;/m1./s1. The van der Waals surface area contributed by atoms with Gasteiger partial charge in [0.1, 0.15) is 11.2 Å². The van der Waals surface area contributed by atoms with E-state index in [1.165, 1.54) is 0 Å². The average Bonchev–Trinajstić information content (AvgIpc) is 3.31. The zero-order valence-electron chi connectivity index (χ0n) is 22.7. The number of benzene rings is 2. The van der Waals surface area contributed by atoms with E-state index in [0.29, 0.717) is 0 Å². The van der Waals surface area contributed by atoms with Gasteiger partial charge >= 0.3 is 26.4 Å². The van der Waals surface area contributed by atoms with Crippen molar-refractivity contribution in [3.8, 4) is 0 Å². The molecule has 0 saturated heterocycles. The summed E-state index contributed by atoms with van der Waals surface area (Å²) in [6.45, 7) is 11.4. The molecule has 4 N–H and O–H groups in total. The summed E-state index contributed by atoms with van der Waals surface area (Å²) in [6.07, 6.45) is -1.68. The molecule has 2 amide bonds. The quantitative estimate of drug-likeness (QED) is 0.445. The normalized spacial score (nSPS) is 18.1. The second kappa shape index (κ2) is 12.2. The highest BCUT2D eigenvalue weighted by Gasteiger charge is 2.36. The first-order chi connectivity index (χ1) is 17.7. The van der Waals surface area contributed by atoms with E-state index in [1.54, 1.807) is 41.5 Å². The predicted octanol–water partition coefficient (Wildman–Crippen LogP) is 1.94. The van der Waals surface area contributed by atoms with Crippen LogP contribution in [0.4, 0.5) is 9.59 Å². The Bertz CT molecular complexity index is 1030. The van der Waals surface area contributed by atoms with E-state index in [-0.39, 0.29) is 25.3 Å². The summed E-state index contributed by atoms with van der Waals surface area (Å²) < 4.78 is 21.1. The van der Waals surface area contributed by atoms with Crippen molar-refractivity contribution in [1.29, 1.82) is 0 Å². The van der Waals surface area contributed by atoms with Crippen LogP contribution in [0, 0.1) is 0 Å². The maximum atomic E-state index is 11.6. The Morgan fingerprint density at radius 3 is 1.42 bits per heavy atom. The van der Waals surface area contributed by atoms with Gasteiger partial charge in [-0.1, -0.05) is 48.5 Å². The molecule has 0 spiro atoms. The second-order valence-electron chi connectivity index (χ2n) is 11.0. The van der Waals surface area contributed by atoms with Crippen LogP contribution in [0.1, 0.15) is 64.9 Å². The summed E-state index contributed by atoms with van der Waals surface area (Å²) in [5.74, 6) is 0. The number of carbonyl (C=O) groups excluding carboxylic acids is 2. The lowest BCUT2D eigenvalue weighted by Gasteiger charge is -2.21. The molecule has 2 aliphatic rings. The molecule has 1 unspecified atom stereocenters. The van der Waals surface area contributed by atoms with Crippen molar-refractivity contribution in [2.24, 2.45) is 0 Å². The Kier molecular flexibility index (Phi) is 9.48. The number of carbonyl (C=O) groups is 2. The Morgan fingerprint density at radius 1 is 0.737 bits per heavy atom. The molecular weight excluding hydrogens is 490 g/mol. The largest absolute Gasteiger partial charge is 0.492 e. The van der Waals surface area contributed by atoms with Crippen molar-refractivity contribution < 1.29 is 38.4 Å². The highest BCUT2D eigenvalue weighted by atomic mass is 16.6. The molecular formula is C26H36B2N2O8. The molecule has 10 nitrogen and oxygen atoms in total. The number of ether oxygens (including phenoxy) is 2. The van der Waals surface area contributed by atoms with Gasteiger partial charge in [0, 0.05) is 13.1 Å². The number of nitrogens with one attached hydrogen (secondary N) is 2. The summed E-state index contributed by atoms with van der Waals surface area (Å²) in [7, 11) is -1.86. The fourth-order valence-corrected chi connectivity index (χ4v) is 3.96. The molecule has 2 aliphatic heterocycles. The molecule has 0 saturated carbocycles. The van der Waals surface area contributed by atoms with E-state index in [0.717, 1.165) is 22.1 Å². The van der Waals surface area contributed by atoms with Crippen LogP contribution in [-0.4, -0.2) is 60.8 Å². The lowest BCUT2D eigenvalue weighted by Crippen LogP contribution is -2.35. The third kappa shape index (κ3) is 8.49. The highest BCUT2D eigenvalue weighted by molar-refractivity contribution is 6.62. The van der Waals surface area contributed by atoms with Crippen LogP contribution in [0.25, 0.3) is 0 Å². The first-order valence-electron chi connectivity index (χ1n) is 12.5. The van der Waals surface area contributed by atoms with E-state index >= 15 is 0 Å². The van der Waals surface area contributed by atoms with Crippen molar-refractivity contribution in [3.63, 3.8) is 0 Å². The summed E-state index contributed by atoms with van der Waals surface area (Å²) in [5.41, 5.74) is 2.23. The van der Waals surface area contributed by atoms with Gasteiger partial charge in [-0.05, 0) is 63.6 Å². The van der Waals surface area contributed by atoms with Gasteiger partial charge in [0.15, 0.2) is 0 Å². The molecule has 2 aromatic rings. The molecule has 2 heterocycles. The van der Waals surface area contributed by atoms with Gasteiger partial charge in [-0.2, -0.15) is 0 Å². The molecule has 0 aliphatic carbocycles. The zero-order valence-corrected chi connectivity index (χ0v) is 22.7. The van der Waals surface area contributed by atoms with E-state index in [4.69, 9.17) is 18.8 Å². The molecule has 0 radical (unpaired) electrons. The first-order valence-corrected chi connectivity index (χ1v) is 12.5. The van der Waals surface area contributed by atoms with Crippen LogP contribution >= 0.6 is 0 Å². The Morgan fingerprint density at radius 2 is 1.08 bits per heavy atom. The third-order valence-corrected chi connectivity index (χ3v) is 5.47. The molecule has 0 bridgehead atoms. The number of hydrogen-bond donors (Lipinski definition) is 4. The lowest BCUT2D eigenvalue weighted by atomic mass is 9.79. The fraction of sp³-hybridized carbons (Fsp3) is 0.462. The topological polar surface area (TPSA) is 136 Å². The minimum absolute atomic E-state index is 0.267. The summed E-state index contributed by atoms with van der Waals surface area (Å²) in [4.78, 5) is 23.1. The summed E-state index contributed by atoms with van der Waals surface area (Å²) in [5, 5.41) is 24.8. The van der Waals surface area contributed by atoms with Gasteiger partial charge in [0.25, 0.3) is 0 Å². The maximum absolute atomic E-state index is 11.6. The number of amides is 2. The SMILES string of the molecule is CC(C)(C)OC(=O)NCC1OB(O)c2ccccc21.CC(C)(C)OC(=O)NC[C@H]1OB(O)c2ccccc21. The van der Waals surface area contributed by atoms with Gasteiger partial charge in [-0.15, -0.1) is 0 Å². The molecule has 0 fully saturated rings. The lowest BCUT2D eigenvalue weighted by molar-refractivity contribution is 0.0489. The van der Waals surface area contributed by atoms with Crippen LogP contribution in [-0.2, 0) is 18.8 Å². The van der Waals surface area contributed by atoms with Gasteiger partial charge in [-0.3, -0.25) is 0 Å². The second-order valence-corrected chi connectivity index (χ2v) is 11.0. The Labute approximate surface area is 224 Å². The molecule has 38 heavy (non-hydrogen) atoms. The summed E-state index contributed by atoms with van der Waals surface area (Å²) in [6, 6.07) is 14.8. The zero-order chi connectivity index (χ0) is 28.1.